The van der Waals surface area contributed by atoms with Crippen molar-refractivity contribution < 1.29 is 9.53 Å². The molecule has 0 N–H and O–H groups in total. The highest BCUT2D eigenvalue weighted by atomic mass is 16.5. The molecule has 2 heterocycles. The first kappa shape index (κ1) is 14.7. The maximum absolute atomic E-state index is 12.1. The predicted molar refractivity (Wildman–Crippen MR) is 84.2 cm³/mol. The van der Waals surface area contributed by atoms with Gasteiger partial charge in [-0.15, -0.1) is 0 Å². The highest BCUT2D eigenvalue weighted by molar-refractivity contribution is 5.74. The number of carbonyl (C=O) groups excluding carboxylic acids is 1. The number of ether oxygens (including phenoxy) is 1. The fourth-order valence-electron chi connectivity index (χ4n) is 3.18. The summed E-state index contributed by atoms with van der Waals surface area (Å²) in [6, 6.07) is 14.3. The van der Waals surface area contributed by atoms with E-state index in [4.69, 9.17) is 4.74 Å². The van der Waals surface area contributed by atoms with Crippen LogP contribution in [0.3, 0.4) is 0 Å². The molecule has 1 aromatic carbocycles. The monoisotopic (exact) mass is 296 g/mol. The third-order valence-electron chi connectivity index (χ3n) is 4.26. The molecule has 0 saturated carbocycles. The smallest absolute Gasteiger partial charge is 0.310 e. The number of pyridine rings is 1. The Hall–Kier alpha value is -2.20. The van der Waals surface area contributed by atoms with E-state index in [-0.39, 0.29) is 17.8 Å². The molecule has 0 amide bonds. The highest BCUT2D eigenvalue weighted by Crippen LogP contribution is 2.33. The molecule has 4 heteroatoms. The minimum Gasteiger partial charge on any atom is -0.469 e. The summed E-state index contributed by atoms with van der Waals surface area (Å²) in [5, 5.41) is 0. The Morgan fingerprint density at radius 2 is 2.05 bits per heavy atom. The Kier molecular flexibility index (Phi) is 4.49. The van der Waals surface area contributed by atoms with Gasteiger partial charge in [-0.25, -0.2) is 0 Å². The first-order chi connectivity index (χ1) is 10.8. The van der Waals surface area contributed by atoms with Crippen LogP contribution in [0.2, 0.25) is 0 Å². The summed E-state index contributed by atoms with van der Waals surface area (Å²) in [6.07, 6.45) is 3.61. The summed E-state index contributed by atoms with van der Waals surface area (Å²) in [6.45, 7) is 2.42. The van der Waals surface area contributed by atoms with Crippen molar-refractivity contribution in [2.45, 2.75) is 12.5 Å². The highest BCUT2D eigenvalue weighted by Gasteiger charge is 2.39. The molecule has 22 heavy (non-hydrogen) atoms. The van der Waals surface area contributed by atoms with Gasteiger partial charge in [0, 0.05) is 37.9 Å². The summed E-state index contributed by atoms with van der Waals surface area (Å²) in [5.74, 6) is -0.118. The number of carbonyl (C=O) groups is 1. The van der Waals surface area contributed by atoms with Crippen molar-refractivity contribution in [3.8, 4) is 0 Å². The molecule has 1 saturated heterocycles. The lowest BCUT2D eigenvalue weighted by Gasteiger charge is -2.16. The number of rotatable bonds is 4. The summed E-state index contributed by atoms with van der Waals surface area (Å²) in [5.41, 5.74) is 2.37. The average molecular weight is 296 g/mol. The SMILES string of the molecule is COC(=O)C1CN(Cc2ccccc2)C[C@H]1c1cccnc1. The van der Waals surface area contributed by atoms with Crippen LogP contribution in [0.15, 0.2) is 54.9 Å². The zero-order valence-electron chi connectivity index (χ0n) is 12.7. The topological polar surface area (TPSA) is 42.4 Å². The minimum absolute atomic E-state index is 0.127. The molecule has 3 rings (SSSR count). The van der Waals surface area contributed by atoms with E-state index >= 15 is 0 Å². The first-order valence-corrected chi connectivity index (χ1v) is 7.52. The van der Waals surface area contributed by atoms with Crippen molar-refractivity contribution in [3.63, 3.8) is 0 Å². The van der Waals surface area contributed by atoms with E-state index in [0.717, 1.165) is 25.2 Å². The second-order valence-electron chi connectivity index (χ2n) is 5.70. The van der Waals surface area contributed by atoms with Crippen LogP contribution in [0.5, 0.6) is 0 Å². The van der Waals surface area contributed by atoms with Crippen LogP contribution in [0.25, 0.3) is 0 Å². The molecule has 0 spiro atoms. The molecular formula is C18H20N2O2. The van der Waals surface area contributed by atoms with Crippen LogP contribution in [-0.4, -0.2) is 36.1 Å². The van der Waals surface area contributed by atoms with Gasteiger partial charge in [0.05, 0.1) is 13.0 Å². The Morgan fingerprint density at radius 3 is 2.73 bits per heavy atom. The molecule has 2 aromatic rings. The summed E-state index contributed by atoms with van der Waals surface area (Å²) < 4.78 is 5.00. The van der Waals surface area contributed by atoms with E-state index in [9.17, 15) is 4.79 Å². The molecule has 0 bridgehead atoms. The second kappa shape index (κ2) is 6.71. The van der Waals surface area contributed by atoms with Crippen LogP contribution in [0, 0.1) is 5.92 Å². The van der Waals surface area contributed by atoms with E-state index in [1.54, 1.807) is 6.20 Å². The number of hydrogen-bond acceptors (Lipinski definition) is 4. The Labute approximate surface area is 130 Å². The Bertz CT molecular complexity index is 615. The van der Waals surface area contributed by atoms with Crippen molar-refractivity contribution in [2.75, 3.05) is 20.2 Å². The van der Waals surface area contributed by atoms with E-state index in [2.05, 4.69) is 22.0 Å². The Morgan fingerprint density at radius 1 is 1.23 bits per heavy atom. The zero-order chi connectivity index (χ0) is 15.4. The number of likely N-dealkylation sites (tertiary alicyclic amines) is 1. The van der Waals surface area contributed by atoms with Gasteiger partial charge in [-0.3, -0.25) is 14.7 Å². The van der Waals surface area contributed by atoms with Crippen LogP contribution in [-0.2, 0) is 16.1 Å². The number of aromatic nitrogens is 1. The molecule has 1 fully saturated rings. The molecule has 2 atom stereocenters. The van der Waals surface area contributed by atoms with Crippen LogP contribution in [0.1, 0.15) is 17.0 Å². The molecule has 0 aliphatic carbocycles. The minimum atomic E-state index is -0.135. The molecule has 1 aliphatic rings. The van der Waals surface area contributed by atoms with Crippen molar-refractivity contribution in [3.05, 3.63) is 66.0 Å². The third-order valence-corrected chi connectivity index (χ3v) is 4.26. The van der Waals surface area contributed by atoms with E-state index in [1.807, 2.05) is 36.5 Å². The van der Waals surface area contributed by atoms with Gasteiger partial charge in [0.2, 0.25) is 0 Å². The first-order valence-electron chi connectivity index (χ1n) is 7.52. The number of benzene rings is 1. The number of nitrogens with zero attached hydrogens (tertiary/aromatic N) is 2. The van der Waals surface area contributed by atoms with Crippen molar-refractivity contribution in [1.29, 1.82) is 0 Å². The molecule has 1 aromatic heterocycles. The number of esters is 1. The largest absolute Gasteiger partial charge is 0.469 e. The van der Waals surface area contributed by atoms with E-state index in [0.29, 0.717) is 0 Å². The lowest BCUT2D eigenvalue weighted by Crippen LogP contribution is -2.24. The maximum Gasteiger partial charge on any atom is 0.310 e. The molecule has 4 nitrogen and oxygen atoms in total. The van der Waals surface area contributed by atoms with Gasteiger partial charge >= 0.3 is 5.97 Å². The molecule has 1 aliphatic heterocycles. The van der Waals surface area contributed by atoms with E-state index in [1.165, 1.54) is 12.7 Å². The standard InChI is InChI=1S/C18H20N2O2/c1-22-18(21)17-13-20(11-14-6-3-2-4-7-14)12-16(17)15-8-5-9-19-10-15/h2-10,16-17H,11-13H2,1H3/t16-,17?/m0/s1. The third kappa shape index (κ3) is 3.17. The van der Waals surface area contributed by atoms with E-state index < -0.39 is 0 Å². The summed E-state index contributed by atoms with van der Waals surface area (Å²) >= 11 is 0. The Balaban J connectivity index is 1.78. The average Bonchev–Trinajstić information content (AvgIpc) is 3.00. The van der Waals surface area contributed by atoms with Crippen molar-refractivity contribution in [2.24, 2.45) is 5.92 Å². The van der Waals surface area contributed by atoms with Gasteiger partial charge < -0.3 is 4.74 Å². The molecule has 0 radical (unpaired) electrons. The maximum atomic E-state index is 12.1. The molecule has 1 unspecified atom stereocenters. The van der Waals surface area contributed by atoms with Crippen molar-refractivity contribution >= 4 is 5.97 Å². The van der Waals surface area contributed by atoms with Crippen molar-refractivity contribution in [1.82, 2.24) is 9.88 Å². The zero-order valence-corrected chi connectivity index (χ0v) is 12.7. The summed E-state index contributed by atoms with van der Waals surface area (Å²) in [4.78, 5) is 18.6. The fraction of sp³-hybridized carbons (Fsp3) is 0.333. The number of methoxy groups -OCH3 is 1. The molecular weight excluding hydrogens is 276 g/mol. The van der Waals surface area contributed by atoms with Gasteiger partial charge in [0.1, 0.15) is 0 Å². The van der Waals surface area contributed by atoms with Crippen LogP contribution >= 0.6 is 0 Å². The predicted octanol–water partition coefficient (Wildman–Crippen LogP) is 2.47. The quantitative estimate of drug-likeness (QED) is 0.813. The van der Waals surface area contributed by atoms with Gasteiger partial charge in [0.25, 0.3) is 0 Å². The lowest BCUT2D eigenvalue weighted by molar-refractivity contribution is -0.145. The van der Waals surface area contributed by atoms with Crippen LogP contribution in [0.4, 0.5) is 0 Å². The summed E-state index contributed by atoms with van der Waals surface area (Å²) in [7, 11) is 1.46. The normalized spacial score (nSPS) is 21.7. The van der Waals surface area contributed by atoms with Crippen LogP contribution < -0.4 is 0 Å². The second-order valence-corrected chi connectivity index (χ2v) is 5.70. The fourth-order valence-corrected chi connectivity index (χ4v) is 3.18. The van der Waals surface area contributed by atoms with Gasteiger partial charge in [-0.2, -0.15) is 0 Å². The number of hydrogen-bond donors (Lipinski definition) is 0. The van der Waals surface area contributed by atoms with Gasteiger partial charge in [-0.1, -0.05) is 36.4 Å². The van der Waals surface area contributed by atoms with Gasteiger partial charge in [0.15, 0.2) is 0 Å². The van der Waals surface area contributed by atoms with Gasteiger partial charge in [-0.05, 0) is 17.2 Å². The molecule has 114 valence electrons. The lowest BCUT2D eigenvalue weighted by atomic mass is 9.90.